The van der Waals surface area contributed by atoms with Crippen molar-refractivity contribution in [3.8, 4) is 5.75 Å². The topological polar surface area (TPSA) is 57.3 Å². The normalized spacial score (nSPS) is 11.2. The molecule has 2 aromatic heterocycles. The minimum Gasteiger partial charge on any atom is -0.484 e. The zero-order chi connectivity index (χ0) is 18.7. The van der Waals surface area contributed by atoms with Gasteiger partial charge in [-0.2, -0.15) is 5.10 Å². The van der Waals surface area contributed by atoms with Crippen LogP contribution in [0.2, 0.25) is 5.02 Å². The molecule has 0 saturated heterocycles. The van der Waals surface area contributed by atoms with Gasteiger partial charge in [0.15, 0.2) is 5.78 Å². The molecule has 7 heteroatoms. The van der Waals surface area contributed by atoms with E-state index in [0.29, 0.717) is 28.5 Å². The zero-order valence-electron chi connectivity index (χ0n) is 14.2. The number of carbonyl (C=O) groups is 1. The lowest BCUT2D eigenvalue weighted by molar-refractivity contribution is 0.104. The lowest BCUT2D eigenvalue weighted by atomic mass is 10.1. The molecule has 0 saturated carbocycles. The van der Waals surface area contributed by atoms with E-state index in [2.05, 4.69) is 5.10 Å². The summed E-state index contributed by atoms with van der Waals surface area (Å²) in [6.45, 7) is 1.92. The van der Waals surface area contributed by atoms with Crippen molar-refractivity contribution in [3.05, 3.63) is 76.2 Å². The van der Waals surface area contributed by atoms with E-state index in [1.165, 1.54) is 24.3 Å². The predicted molar refractivity (Wildman–Crippen MR) is 95.8 cm³/mol. The number of aryl methyl sites for hydroxylation is 2. The van der Waals surface area contributed by atoms with Crippen molar-refractivity contribution in [1.82, 2.24) is 9.78 Å². The fourth-order valence-electron chi connectivity index (χ4n) is 2.39. The van der Waals surface area contributed by atoms with Gasteiger partial charge in [0.05, 0.1) is 16.3 Å². The van der Waals surface area contributed by atoms with Crippen molar-refractivity contribution in [2.45, 2.75) is 13.5 Å². The summed E-state index contributed by atoms with van der Waals surface area (Å²) in [5.74, 6) is 0.853. The summed E-state index contributed by atoms with van der Waals surface area (Å²) in [6.07, 6.45) is 4.70. The summed E-state index contributed by atoms with van der Waals surface area (Å²) in [7, 11) is 1.76. The van der Waals surface area contributed by atoms with Gasteiger partial charge >= 0.3 is 0 Å². The maximum atomic E-state index is 13.0. The van der Waals surface area contributed by atoms with Crippen LogP contribution in [0.4, 0.5) is 4.39 Å². The lowest BCUT2D eigenvalue weighted by Crippen LogP contribution is -1.95. The van der Waals surface area contributed by atoms with E-state index in [-0.39, 0.29) is 17.4 Å². The van der Waals surface area contributed by atoms with Crippen LogP contribution in [-0.4, -0.2) is 15.6 Å². The molecule has 0 N–H and O–H groups in total. The van der Waals surface area contributed by atoms with Crippen LogP contribution in [0.25, 0.3) is 6.08 Å². The molecule has 0 aliphatic rings. The third kappa shape index (κ3) is 4.21. The summed E-state index contributed by atoms with van der Waals surface area (Å²) in [4.78, 5) is 12.2. The molecule has 0 aliphatic heterocycles. The summed E-state index contributed by atoms with van der Waals surface area (Å²) in [5, 5.41) is 4.33. The largest absolute Gasteiger partial charge is 0.484 e. The second kappa shape index (κ2) is 7.58. The number of nitrogens with zero attached hydrogens (tertiary/aromatic N) is 2. The van der Waals surface area contributed by atoms with E-state index >= 15 is 0 Å². The minimum absolute atomic E-state index is 0.134. The second-order valence-electron chi connectivity index (χ2n) is 5.67. The molecular weight excluding hydrogens is 359 g/mol. The molecular formula is C19H16ClFN2O3. The zero-order valence-corrected chi connectivity index (χ0v) is 15.0. The van der Waals surface area contributed by atoms with E-state index < -0.39 is 5.82 Å². The number of allylic oxidation sites excluding steroid dienone is 1. The Morgan fingerprint density at radius 2 is 2.19 bits per heavy atom. The molecule has 3 aromatic rings. The van der Waals surface area contributed by atoms with Gasteiger partial charge in [-0.05, 0) is 49.4 Å². The number of carbonyl (C=O) groups excluding carboxylic acids is 1. The van der Waals surface area contributed by atoms with Gasteiger partial charge in [0, 0.05) is 13.2 Å². The second-order valence-corrected chi connectivity index (χ2v) is 6.07. The molecule has 2 heterocycles. The van der Waals surface area contributed by atoms with Crippen molar-refractivity contribution in [1.29, 1.82) is 0 Å². The van der Waals surface area contributed by atoms with Crippen LogP contribution in [0.5, 0.6) is 5.75 Å². The molecule has 0 atom stereocenters. The number of ether oxygens (including phenoxy) is 1. The number of rotatable bonds is 6. The molecule has 3 rings (SSSR count). The van der Waals surface area contributed by atoms with E-state index in [4.69, 9.17) is 20.8 Å². The number of ketones is 1. The summed E-state index contributed by atoms with van der Waals surface area (Å²) in [6, 6.07) is 7.36. The van der Waals surface area contributed by atoms with E-state index in [9.17, 15) is 9.18 Å². The highest BCUT2D eigenvalue weighted by atomic mass is 35.5. The van der Waals surface area contributed by atoms with Gasteiger partial charge in [0.1, 0.15) is 29.7 Å². The molecule has 1 aromatic carbocycles. The summed E-state index contributed by atoms with van der Waals surface area (Å²) in [5.41, 5.74) is 1.22. The van der Waals surface area contributed by atoms with Crippen LogP contribution in [0, 0.1) is 12.7 Å². The highest BCUT2D eigenvalue weighted by molar-refractivity contribution is 6.32. The van der Waals surface area contributed by atoms with Crippen LogP contribution < -0.4 is 4.74 Å². The van der Waals surface area contributed by atoms with E-state index in [1.54, 1.807) is 43.1 Å². The van der Waals surface area contributed by atoms with Gasteiger partial charge in [-0.3, -0.25) is 9.48 Å². The first-order chi connectivity index (χ1) is 12.4. The number of hydrogen-bond donors (Lipinski definition) is 0. The average molecular weight is 375 g/mol. The Morgan fingerprint density at radius 1 is 1.38 bits per heavy atom. The van der Waals surface area contributed by atoms with Gasteiger partial charge in [-0.15, -0.1) is 0 Å². The smallest absolute Gasteiger partial charge is 0.189 e. The lowest BCUT2D eigenvalue weighted by Gasteiger charge is -2.05. The molecule has 0 radical (unpaired) electrons. The Hall–Kier alpha value is -2.86. The Bertz CT molecular complexity index is 975. The standard InChI is InChI=1S/C19H16ClFN2O3/c1-12-16(10-23(2)22-12)18(24)7-6-14-4-5-15(26-14)11-25-19-8-3-13(21)9-17(19)20/h3-10H,11H2,1-2H3/b7-6+. The number of benzene rings is 1. The van der Waals surface area contributed by atoms with Gasteiger partial charge < -0.3 is 9.15 Å². The summed E-state index contributed by atoms with van der Waals surface area (Å²) < 4.78 is 25.7. The average Bonchev–Trinajstić information content (AvgIpc) is 3.18. The molecule has 26 heavy (non-hydrogen) atoms. The molecule has 0 aliphatic carbocycles. The Labute approximate surface area is 154 Å². The maximum Gasteiger partial charge on any atom is 0.189 e. The van der Waals surface area contributed by atoms with Crippen LogP contribution in [0.15, 0.2) is 47.0 Å². The van der Waals surface area contributed by atoms with Crippen molar-refractivity contribution < 1.29 is 18.3 Å². The van der Waals surface area contributed by atoms with E-state index in [0.717, 1.165) is 0 Å². The summed E-state index contributed by atoms with van der Waals surface area (Å²) >= 11 is 5.91. The van der Waals surface area contributed by atoms with Crippen molar-refractivity contribution in [3.63, 3.8) is 0 Å². The monoisotopic (exact) mass is 374 g/mol. The van der Waals surface area contributed by atoms with Crippen LogP contribution in [0.3, 0.4) is 0 Å². The van der Waals surface area contributed by atoms with Crippen LogP contribution in [0.1, 0.15) is 27.6 Å². The fourth-order valence-corrected chi connectivity index (χ4v) is 2.61. The van der Waals surface area contributed by atoms with Gasteiger partial charge in [-0.25, -0.2) is 4.39 Å². The maximum absolute atomic E-state index is 13.0. The van der Waals surface area contributed by atoms with E-state index in [1.807, 2.05) is 0 Å². The first-order valence-corrected chi connectivity index (χ1v) is 8.19. The molecule has 0 spiro atoms. The number of furan rings is 1. The molecule has 134 valence electrons. The molecule has 0 unspecified atom stereocenters. The van der Waals surface area contributed by atoms with Gasteiger partial charge in [0.2, 0.25) is 0 Å². The predicted octanol–water partition coefficient (Wildman–Crippen LogP) is 4.59. The molecule has 0 fully saturated rings. The van der Waals surface area contributed by atoms with Crippen molar-refractivity contribution in [2.75, 3.05) is 0 Å². The van der Waals surface area contributed by atoms with Gasteiger partial charge in [-0.1, -0.05) is 11.6 Å². The third-order valence-electron chi connectivity index (χ3n) is 3.62. The molecule has 0 bridgehead atoms. The van der Waals surface area contributed by atoms with Crippen LogP contribution in [-0.2, 0) is 13.7 Å². The Morgan fingerprint density at radius 3 is 2.88 bits per heavy atom. The third-order valence-corrected chi connectivity index (χ3v) is 3.92. The Kier molecular flexibility index (Phi) is 5.23. The quantitative estimate of drug-likeness (QED) is 0.467. The van der Waals surface area contributed by atoms with Crippen LogP contribution >= 0.6 is 11.6 Å². The Balaban J connectivity index is 1.62. The SMILES string of the molecule is Cc1nn(C)cc1C(=O)/C=C/c1ccc(COc2ccc(F)cc2Cl)o1. The number of halogens is 2. The number of hydrogen-bond acceptors (Lipinski definition) is 4. The highest BCUT2D eigenvalue weighted by Gasteiger charge is 2.10. The van der Waals surface area contributed by atoms with Gasteiger partial charge in [0.25, 0.3) is 0 Å². The highest BCUT2D eigenvalue weighted by Crippen LogP contribution is 2.26. The minimum atomic E-state index is -0.429. The molecule has 5 nitrogen and oxygen atoms in total. The van der Waals surface area contributed by atoms with Crippen molar-refractivity contribution >= 4 is 23.5 Å². The molecule has 0 amide bonds. The van der Waals surface area contributed by atoms with Crippen molar-refractivity contribution in [2.24, 2.45) is 7.05 Å². The first kappa shape index (κ1) is 17.9. The number of aromatic nitrogens is 2. The fraction of sp³-hybridized carbons (Fsp3) is 0.158. The first-order valence-electron chi connectivity index (χ1n) is 7.81.